The molecule has 2 rings (SSSR count). The predicted octanol–water partition coefficient (Wildman–Crippen LogP) is 4.40. The van der Waals surface area contributed by atoms with Crippen LogP contribution in [0.1, 0.15) is 69.3 Å². The summed E-state index contributed by atoms with van der Waals surface area (Å²) in [6.45, 7) is 10.4. The first kappa shape index (κ1) is 24.4. The number of amides is 1. The molecule has 0 radical (unpaired) electrons. The molecule has 2 heterocycles. The molecule has 1 amide bonds. The molecule has 2 aromatic rings. The van der Waals surface area contributed by atoms with Gasteiger partial charge in [0.25, 0.3) is 0 Å². The SMILES string of the molecule is CCOC(=O)c1sc(N)c(C#N)c1COC(=O)c1c(NC(=O)C(C)(C)C)sc(C)c1C. The molecular weight excluding hydrogens is 438 g/mol. The quantitative estimate of drug-likeness (QED) is 0.607. The second-order valence-corrected chi connectivity index (χ2v) is 10.0. The lowest BCUT2D eigenvalue weighted by Crippen LogP contribution is -2.28. The van der Waals surface area contributed by atoms with Crippen molar-refractivity contribution in [3.8, 4) is 6.07 Å². The topological polar surface area (TPSA) is 132 Å². The number of nitrogens with two attached hydrogens (primary N) is 1. The van der Waals surface area contributed by atoms with Gasteiger partial charge in [-0.2, -0.15) is 5.26 Å². The summed E-state index contributed by atoms with van der Waals surface area (Å²) in [4.78, 5) is 38.6. The first-order chi connectivity index (χ1) is 14.4. The number of nitriles is 1. The highest BCUT2D eigenvalue weighted by Crippen LogP contribution is 2.36. The number of rotatable bonds is 6. The van der Waals surface area contributed by atoms with E-state index in [1.807, 2.05) is 13.0 Å². The van der Waals surface area contributed by atoms with Crippen LogP contribution in [0.4, 0.5) is 10.0 Å². The van der Waals surface area contributed by atoms with Gasteiger partial charge in [0.1, 0.15) is 27.6 Å². The van der Waals surface area contributed by atoms with Gasteiger partial charge in [-0.3, -0.25) is 4.79 Å². The monoisotopic (exact) mass is 463 g/mol. The van der Waals surface area contributed by atoms with Crippen LogP contribution in [-0.4, -0.2) is 24.5 Å². The van der Waals surface area contributed by atoms with Crippen molar-refractivity contribution >= 4 is 50.5 Å². The van der Waals surface area contributed by atoms with E-state index in [9.17, 15) is 19.6 Å². The Morgan fingerprint density at radius 2 is 1.77 bits per heavy atom. The molecule has 3 N–H and O–H groups in total. The Bertz CT molecular complexity index is 1070. The molecule has 166 valence electrons. The van der Waals surface area contributed by atoms with E-state index in [-0.39, 0.29) is 45.7 Å². The van der Waals surface area contributed by atoms with Gasteiger partial charge in [-0.25, -0.2) is 9.59 Å². The normalized spacial score (nSPS) is 11.0. The second kappa shape index (κ2) is 9.49. The van der Waals surface area contributed by atoms with Gasteiger partial charge in [0, 0.05) is 15.9 Å². The van der Waals surface area contributed by atoms with Gasteiger partial charge in [-0.05, 0) is 26.3 Å². The van der Waals surface area contributed by atoms with Crippen molar-refractivity contribution < 1.29 is 23.9 Å². The molecule has 0 saturated heterocycles. The van der Waals surface area contributed by atoms with Crippen molar-refractivity contribution in [1.82, 2.24) is 0 Å². The molecule has 0 aliphatic heterocycles. The van der Waals surface area contributed by atoms with Gasteiger partial charge < -0.3 is 20.5 Å². The van der Waals surface area contributed by atoms with Crippen LogP contribution in [0.2, 0.25) is 0 Å². The second-order valence-electron chi connectivity index (χ2n) is 7.75. The van der Waals surface area contributed by atoms with Crippen molar-refractivity contribution in [2.45, 2.75) is 48.1 Å². The van der Waals surface area contributed by atoms with Crippen LogP contribution in [0.25, 0.3) is 0 Å². The van der Waals surface area contributed by atoms with Crippen LogP contribution >= 0.6 is 22.7 Å². The van der Waals surface area contributed by atoms with Gasteiger partial charge in [0.05, 0.1) is 17.7 Å². The number of anilines is 2. The Balaban J connectivity index is 2.33. The molecule has 0 aliphatic rings. The molecule has 0 saturated carbocycles. The van der Waals surface area contributed by atoms with E-state index >= 15 is 0 Å². The maximum Gasteiger partial charge on any atom is 0.348 e. The number of carbonyl (C=O) groups excluding carboxylic acids is 3. The first-order valence-electron chi connectivity index (χ1n) is 9.49. The fourth-order valence-electron chi connectivity index (χ4n) is 2.57. The molecule has 10 heteroatoms. The van der Waals surface area contributed by atoms with E-state index in [0.29, 0.717) is 10.6 Å². The molecule has 31 heavy (non-hydrogen) atoms. The molecule has 0 aromatic carbocycles. The molecule has 8 nitrogen and oxygen atoms in total. The summed E-state index contributed by atoms with van der Waals surface area (Å²) >= 11 is 2.20. The molecular formula is C21H25N3O5S2. The Labute approximate surface area is 189 Å². The van der Waals surface area contributed by atoms with E-state index in [1.165, 1.54) is 11.3 Å². The number of hydrogen-bond donors (Lipinski definition) is 2. The molecule has 0 unspecified atom stereocenters. The summed E-state index contributed by atoms with van der Waals surface area (Å²) in [7, 11) is 0. The maximum atomic E-state index is 12.9. The summed E-state index contributed by atoms with van der Waals surface area (Å²) in [5.41, 5.74) is 6.44. The van der Waals surface area contributed by atoms with Crippen LogP contribution < -0.4 is 11.1 Å². The molecule has 0 atom stereocenters. The number of thiophene rings is 2. The number of aryl methyl sites for hydroxylation is 1. The number of nitrogen functional groups attached to an aromatic ring is 1. The van der Waals surface area contributed by atoms with E-state index in [2.05, 4.69) is 5.32 Å². The zero-order valence-corrected chi connectivity index (χ0v) is 19.9. The number of hydrogen-bond acceptors (Lipinski definition) is 9. The molecule has 0 fully saturated rings. The summed E-state index contributed by atoms with van der Waals surface area (Å²) in [6, 6.07) is 1.95. The fourth-order valence-corrected chi connectivity index (χ4v) is 4.53. The smallest absolute Gasteiger partial charge is 0.348 e. The van der Waals surface area contributed by atoms with Crippen molar-refractivity contribution in [3.63, 3.8) is 0 Å². The van der Waals surface area contributed by atoms with Crippen molar-refractivity contribution in [1.29, 1.82) is 5.26 Å². The number of nitrogens with zero attached hydrogens (tertiary/aromatic N) is 1. The zero-order valence-electron chi connectivity index (χ0n) is 18.3. The van der Waals surface area contributed by atoms with Gasteiger partial charge in [-0.1, -0.05) is 20.8 Å². The summed E-state index contributed by atoms with van der Waals surface area (Å²) in [5, 5.41) is 12.8. The standard InChI is InChI=1S/C21H25N3O5S2/c1-7-28-19(26)15-13(12(8-22)16(23)31-15)9-29-18(25)14-10(2)11(3)30-17(14)24-20(27)21(4,5)6/h7,9,23H2,1-6H3,(H,24,27). The Morgan fingerprint density at radius 3 is 2.32 bits per heavy atom. The van der Waals surface area contributed by atoms with Crippen molar-refractivity contribution in [2.75, 3.05) is 17.7 Å². The number of carbonyl (C=O) groups is 3. The van der Waals surface area contributed by atoms with Crippen LogP contribution in [0.15, 0.2) is 0 Å². The largest absolute Gasteiger partial charge is 0.462 e. The van der Waals surface area contributed by atoms with Crippen molar-refractivity contribution in [2.24, 2.45) is 5.41 Å². The average Bonchev–Trinajstić information content (AvgIpc) is 3.14. The van der Waals surface area contributed by atoms with E-state index in [1.54, 1.807) is 34.6 Å². The third kappa shape index (κ3) is 5.24. The highest BCUT2D eigenvalue weighted by molar-refractivity contribution is 7.18. The molecule has 0 aliphatic carbocycles. The Hall–Kier alpha value is -2.90. The first-order valence-corrected chi connectivity index (χ1v) is 11.1. The van der Waals surface area contributed by atoms with Gasteiger partial charge in [-0.15, -0.1) is 22.7 Å². The van der Waals surface area contributed by atoms with E-state index in [4.69, 9.17) is 15.2 Å². The van der Waals surface area contributed by atoms with Gasteiger partial charge >= 0.3 is 11.9 Å². The number of nitrogens with one attached hydrogen (secondary N) is 1. The summed E-state index contributed by atoms with van der Waals surface area (Å²) in [6.07, 6.45) is 0. The molecule has 0 spiro atoms. The van der Waals surface area contributed by atoms with Crippen LogP contribution in [-0.2, 0) is 20.9 Å². The third-order valence-corrected chi connectivity index (χ3v) is 6.62. The third-order valence-electron chi connectivity index (χ3n) is 4.45. The average molecular weight is 464 g/mol. The number of ether oxygens (including phenoxy) is 2. The van der Waals surface area contributed by atoms with E-state index in [0.717, 1.165) is 16.2 Å². The van der Waals surface area contributed by atoms with Crippen LogP contribution in [0, 0.1) is 30.6 Å². The highest BCUT2D eigenvalue weighted by Gasteiger charge is 2.28. The lowest BCUT2D eigenvalue weighted by Gasteiger charge is -2.17. The lowest BCUT2D eigenvalue weighted by atomic mass is 9.96. The minimum absolute atomic E-state index is 0.0836. The number of esters is 2. The Kier molecular flexibility index (Phi) is 7.46. The Morgan fingerprint density at radius 1 is 1.13 bits per heavy atom. The van der Waals surface area contributed by atoms with Crippen LogP contribution in [0.3, 0.4) is 0 Å². The molecule has 0 bridgehead atoms. The van der Waals surface area contributed by atoms with Gasteiger partial charge in [0.15, 0.2) is 0 Å². The summed E-state index contributed by atoms with van der Waals surface area (Å²) < 4.78 is 10.5. The van der Waals surface area contributed by atoms with Gasteiger partial charge in [0.2, 0.25) is 5.91 Å². The zero-order chi connectivity index (χ0) is 23.5. The summed E-state index contributed by atoms with van der Waals surface area (Å²) in [5.74, 6) is -1.54. The van der Waals surface area contributed by atoms with Crippen LogP contribution in [0.5, 0.6) is 0 Å². The van der Waals surface area contributed by atoms with Crippen molar-refractivity contribution in [3.05, 3.63) is 32.0 Å². The maximum absolute atomic E-state index is 12.9. The highest BCUT2D eigenvalue weighted by atomic mass is 32.1. The minimum Gasteiger partial charge on any atom is -0.462 e. The lowest BCUT2D eigenvalue weighted by molar-refractivity contribution is -0.123. The molecule has 2 aromatic heterocycles. The van der Waals surface area contributed by atoms with E-state index < -0.39 is 17.4 Å². The fraction of sp³-hybridized carbons (Fsp3) is 0.429. The minimum atomic E-state index is -0.672. The predicted molar refractivity (Wildman–Crippen MR) is 120 cm³/mol.